The zero-order valence-corrected chi connectivity index (χ0v) is 14.4. The van der Waals surface area contributed by atoms with E-state index in [2.05, 4.69) is 10.4 Å². The van der Waals surface area contributed by atoms with Crippen molar-refractivity contribution in [3.63, 3.8) is 0 Å². The molecule has 1 amide bonds. The molecule has 0 fully saturated rings. The first-order valence-electron chi connectivity index (χ1n) is 8.18. The lowest BCUT2D eigenvalue weighted by Gasteiger charge is -2.14. The van der Waals surface area contributed by atoms with Gasteiger partial charge in [-0.15, -0.1) is 0 Å². The number of hydrogen-bond acceptors (Lipinski definition) is 3. The standard InChI is InChI=1S/C19H15F4N3O2/c20-15-7-3-1-5-13(15)11-26-17(9-10-24-26)25-18(27)12-28-16-8-4-2-6-14(16)19(21,22)23/h1-10H,11-12H2,(H,25,27). The number of nitrogens with one attached hydrogen (secondary N) is 1. The van der Waals surface area contributed by atoms with Crippen LogP contribution in [-0.2, 0) is 17.5 Å². The summed E-state index contributed by atoms with van der Waals surface area (Å²) >= 11 is 0. The molecule has 5 nitrogen and oxygen atoms in total. The number of alkyl halides is 3. The summed E-state index contributed by atoms with van der Waals surface area (Å²) in [6, 6.07) is 12.2. The third-order valence-electron chi connectivity index (χ3n) is 3.81. The molecule has 1 heterocycles. The molecule has 0 spiro atoms. The van der Waals surface area contributed by atoms with Gasteiger partial charge in [0.05, 0.1) is 18.3 Å². The van der Waals surface area contributed by atoms with Crippen molar-refractivity contribution in [3.05, 3.63) is 77.7 Å². The summed E-state index contributed by atoms with van der Waals surface area (Å²) in [4.78, 5) is 12.1. The van der Waals surface area contributed by atoms with Crippen molar-refractivity contribution >= 4 is 11.7 Å². The predicted molar refractivity (Wildman–Crippen MR) is 93.3 cm³/mol. The Bertz CT molecular complexity index is 970. The van der Waals surface area contributed by atoms with E-state index in [0.717, 1.165) is 12.1 Å². The van der Waals surface area contributed by atoms with Crippen LogP contribution in [0.1, 0.15) is 11.1 Å². The summed E-state index contributed by atoms with van der Waals surface area (Å²) in [5.41, 5.74) is -0.593. The Morgan fingerprint density at radius 3 is 2.54 bits per heavy atom. The molecule has 0 saturated heterocycles. The van der Waals surface area contributed by atoms with Gasteiger partial charge in [0, 0.05) is 11.6 Å². The maximum atomic E-state index is 13.8. The summed E-state index contributed by atoms with van der Waals surface area (Å²) < 4.78 is 59.0. The average Bonchev–Trinajstić information content (AvgIpc) is 3.08. The minimum absolute atomic E-state index is 0.0764. The molecule has 2 aromatic carbocycles. The van der Waals surface area contributed by atoms with Gasteiger partial charge in [0.25, 0.3) is 5.91 Å². The summed E-state index contributed by atoms with van der Waals surface area (Å²) in [5.74, 6) is -1.26. The number of nitrogens with zero attached hydrogens (tertiary/aromatic N) is 2. The highest BCUT2D eigenvalue weighted by molar-refractivity contribution is 5.91. The van der Waals surface area contributed by atoms with Crippen LogP contribution in [-0.4, -0.2) is 22.3 Å². The first-order chi connectivity index (χ1) is 13.3. The zero-order valence-electron chi connectivity index (χ0n) is 14.4. The number of carbonyl (C=O) groups is 1. The Kier molecular flexibility index (Phi) is 5.62. The Labute approximate surface area is 157 Å². The molecule has 28 heavy (non-hydrogen) atoms. The van der Waals surface area contributed by atoms with Crippen LogP contribution in [0.4, 0.5) is 23.4 Å². The second kappa shape index (κ2) is 8.12. The molecule has 0 aliphatic carbocycles. The minimum atomic E-state index is -4.59. The number of halogens is 4. The summed E-state index contributed by atoms with van der Waals surface area (Å²) in [6.45, 7) is -0.551. The van der Waals surface area contributed by atoms with Crippen molar-refractivity contribution in [3.8, 4) is 5.75 Å². The lowest BCUT2D eigenvalue weighted by molar-refractivity contribution is -0.139. The largest absolute Gasteiger partial charge is 0.483 e. The maximum Gasteiger partial charge on any atom is 0.419 e. The first kappa shape index (κ1) is 19.4. The van der Waals surface area contributed by atoms with E-state index in [-0.39, 0.29) is 12.4 Å². The molecule has 0 radical (unpaired) electrons. The Balaban J connectivity index is 1.64. The van der Waals surface area contributed by atoms with Gasteiger partial charge in [0.15, 0.2) is 6.61 Å². The van der Waals surface area contributed by atoms with E-state index in [9.17, 15) is 22.4 Å². The number of rotatable bonds is 6. The monoisotopic (exact) mass is 393 g/mol. The van der Waals surface area contributed by atoms with Gasteiger partial charge in [-0.25, -0.2) is 9.07 Å². The first-order valence-corrected chi connectivity index (χ1v) is 8.18. The van der Waals surface area contributed by atoms with Gasteiger partial charge in [-0.05, 0) is 18.2 Å². The predicted octanol–water partition coefficient (Wildman–Crippen LogP) is 4.11. The van der Waals surface area contributed by atoms with Gasteiger partial charge < -0.3 is 10.1 Å². The van der Waals surface area contributed by atoms with Crippen molar-refractivity contribution in [2.24, 2.45) is 0 Å². The molecule has 0 saturated carbocycles. The molecule has 0 aliphatic heterocycles. The van der Waals surface area contributed by atoms with Gasteiger partial charge in [-0.1, -0.05) is 30.3 Å². The van der Waals surface area contributed by atoms with Gasteiger partial charge in [-0.2, -0.15) is 18.3 Å². The lowest BCUT2D eigenvalue weighted by atomic mass is 10.2. The Morgan fingerprint density at radius 1 is 1.07 bits per heavy atom. The third-order valence-corrected chi connectivity index (χ3v) is 3.81. The summed E-state index contributed by atoms with van der Waals surface area (Å²) in [5, 5.41) is 6.51. The summed E-state index contributed by atoms with van der Waals surface area (Å²) in [6.07, 6.45) is -3.18. The van der Waals surface area contributed by atoms with Crippen LogP contribution in [0.25, 0.3) is 0 Å². The molecule has 9 heteroatoms. The molecule has 1 N–H and O–H groups in total. The number of anilines is 1. The van der Waals surface area contributed by atoms with Crippen molar-refractivity contribution in [1.29, 1.82) is 0 Å². The van der Waals surface area contributed by atoms with Crippen LogP contribution in [0, 0.1) is 5.82 Å². The van der Waals surface area contributed by atoms with Gasteiger partial charge in [0.1, 0.15) is 17.4 Å². The van der Waals surface area contributed by atoms with Crippen molar-refractivity contribution in [2.75, 3.05) is 11.9 Å². The molecule has 146 valence electrons. The fourth-order valence-electron chi connectivity index (χ4n) is 2.50. The highest BCUT2D eigenvalue weighted by atomic mass is 19.4. The Morgan fingerprint density at radius 2 is 1.79 bits per heavy atom. The summed E-state index contributed by atoms with van der Waals surface area (Å²) in [7, 11) is 0. The number of para-hydroxylation sites is 1. The van der Waals surface area contributed by atoms with Crippen molar-refractivity contribution < 1.29 is 27.1 Å². The zero-order chi connectivity index (χ0) is 20.1. The van der Waals surface area contributed by atoms with Gasteiger partial charge >= 0.3 is 6.18 Å². The topological polar surface area (TPSA) is 56.1 Å². The quantitative estimate of drug-likeness (QED) is 0.642. The van der Waals surface area contributed by atoms with Crippen LogP contribution in [0.3, 0.4) is 0 Å². The molecular weight excluding hydrogens is 378 g/mol. The van der Waals surface area contributed by atoms with Crippen LogP contribution in [0.2, 0.25) is 0 Å². The Hall–Kier alpha value is -3.36. The highest BCUT2D eigenvalue weighted by Gasteiger charge is 2.34. The molecule has 0 bridgehead atoms. The number of carbonyl (C=O) groups excluding carboxylic acids is 1. The van der Waals surface area contributed by atoms with E-state index in [0.29, 0.717) is 5.56 Å². The van der Waals surface area contributed by atoms with E-state index in [4.69, 9.17) is 4.74 Å². The maximum absolute atomic E-state index is 13.8. The van der Waals surface area contributed by atoms with Crippen molar-refractivity contribution in [1.82, 2.24) is 9.78 Å². The molecule has 0 unspecified atom stereocenters. The van der Waals surface area contributed by atoms with E-state index in [1.807, 2.05) is 0 Å². The SMILES string of the molecule is O=C(COc1ccccc1C(F)(F)F)Nc1ccnn1Cc1ccccc1F. The fourth-order valence-corrected chi connectivity index (χ4v) is 2.50. The number of amides is 1. The van der Waals surface area contributed by atoms with Crippen molar-refractivity contribution in [2.45, 2.75) is 12.7 Å². The average molecular weight is 393 g/mol. The van der Waals surface area contributed by atoms with Gasteiger partial charge in [-0.3, -0.25) is 4.79 Å². The van der Waals surface area contributed by atoms with E-state index in [1.165, 1.54) is 35.1 Å². The number of benzene rings is 2. The second-order valence-corrected chi connectivity index (χ2v) is 5.80. The molecule has 3 rings (SSSR count). The normalized spacial score (nSPS) is 11.3. The van der Waals surface area contributed by atoms with E-state index >= 15 is 0 Å². The van der Waals surface area contributed by atoms with Gasteiger partial charge in [0.2, 0.25) is 0 Å². The fraction of sp³-hybridized carbons (Fsp3) is 0.158. The number of hydrogen-bond donors (Lipinski definition) is 1. The van der Waals surface area contributed by atoms with Crippen LogP contribution in [0.5, 0.6) is 5.75 Å². The molecule has 0 aliphatic rings. The van der Waals surface area contributed by atoms with Crippen LogP contribution < -0.4 is 10.1 Å². The number of aromatic nitrogens is 2. The number of ether oxygens (including phenoxy) is 1. The smallest absolute Gasteiger partial charge is 0.419 e. The molecule has 3 aromatic rings. The lowest BCUT2D eigenvalue weighted by Crippen LogP contribution is -2.23. The van der Waals surface area contributed by atoms with E-state index < -0.39 is 35.8 Å². The molecular formula is C19H15F4N3O2. The highest BCUT2D eigenvalue weighted by Crippen LogP contribution is 2.35. The third kappa shape index (κ3) is 4.67. The molecule has 1 aromatic heterocycles. The molecule has 0 atom stereocenters. The second-order valence-electron chi connectivity index (χ2n) is 5.80. The van der Waals surface area contributed by atoms with Crippen LogP contribution >= 0.6 is 0 Å². The van der Waals surface area contributed by atoms with E-state index in [1.54, 1.807) is 18.2 Å². The minimum Gasteiger partial charge on any atom is -0.483 e. The van der Waals surface area contributed by atoms with Crippen LogP contribution in [0.15, 0.2) is 60.8 Å².